The molecule has 2 N–H and O–H groups in total. The highest BCUT2D eigenvalue weighted by atomic mass is 16.3. The van der Waals surface area contributed by atoms with Crippen molar-refractivity contribution < 1.29 is 5.11 Å². The summed E-state index contributed by atoms with van der Waals surface area (Å²) < 4.78 is 0. The molecule has 0 aliphatic rings. The van der Waals surface area contributed by atoms with E-state index in [4.69, 9.17) is 5.11 Å². The van der Waals surface area contributed by atoms with E-state index in [9.17, 15) is 4.79 Å². The summed E-state index contributed by atoms with van der Waals surface area (Å²) >= 11 is 0. The van der Waals surface area contributed by atoms with Gasteiger partial charge in [0.1, 0.15) is 0 Å². The summed E-state index contributed by atoms with van der Waals surface area (Å²) in [6, 6.07) is 9.42. The Bertz CT molecular complexity index is 502. The van der Waals surface area contributed by atoms with E-state index in [2.05, 4.69) is 4.98 Å². The third kappa shape index (κ3) is 1.54. The first-order valence-corrected chi connectivity index (χ1v) is 4.53. The molecule has 0 bridgehead atoms. The van der Waals surface area contributed by atoms with E-state index in [0.29, 0.717) is 12.0 Å². The monoisotopic (exact) mass is 189 g/mol. The fraction of sp³-hybridized carbons (Fsp3) is 0.182. The van der Waals surface area contributed by atoms with Crippen LogP contribution in [0.1, 0.15) is 5.56 Å². The van der Waals surface area contributed by atoms with Gasteiger partial charge in [-0.25, -0.2) is 0 Å². The van der Waals surface area contributed by atoms with Crippen LogP contribution < -0.4 is 5.56 Å². The van der Waals surface area contributed by atoms with E-state index in [0.717, 1.165) is 10.9 Å². The second-order valence-corrected chi connectivity index (χ2v) is 3.18. The van der Waals surface area contributed by atoms with Crippen LogP contribution in [-0.2, 0) is 6.42 Å². The molecule has 0 atom stereocenters. The quantitative estimate of drug-likeness (QED) is 0.742. The number of aromatic amines is 1. The van der Waals surface area contributed by atoms with Crippen LogP contribution in [0.5, 0.6) is 0 Å². The molecule has 0 aliphatic carbocycles. The summed E-state index contributed by atoms with van der Waals surface area (Å²) in [7, 11) is 0. The minimum atomic E-state index is -0.113. The SMILES string of the molecule is O=c1[nH]c2ccccc2cc1CCO. The number of hydrogen-bond acceptors (Lipinski definition) is 2. The van der Waals surface area contributed by atoms with Crippen LogP contribution in [0.3, 0.4) is 0 Å². The summed E-state index contributed by atoms with van der Waals surface area (Å²) in [4.78, 5) is 14.2. The minimum absolute atomic E-state index is 0.00141. The lowest BCUT2D eigenvalue weighted by molar-refractivity contribution is 0.299. The molecule has 0 radical (unpaired) electrons. The first kappa shape index (κ1) is 8.97. The highest BCUT2D eigenvalue weighted by Crippen LogP contribution is 2.09. The Hall–Kier alpha value is -1.61. The summed E-state index contributed by atoms with van der Waals surface area (Å²) in [6.07, 6.45) is 0.403. The summed E-state index contributed by atoms with van der Waals surface area (Å²) in [6.45, 7) is 0.00141. The van der Waals surface area contributed by atoms with Crippen molar-refractivity contribution in [1.82, 2.24) is 4.98 Å². The van der Waals surface area contributed by atoms with Crippen molar-refractivity contribution >= 4 is 10.9 Å². The van der Waals surface area contributed by atoms with Gasteiger partial charge in [-0.15, -0.1) is 0 Å². The molecule has 0 fully saturated rings. The molecule has 72 valence electrons. The van der Waals surface area contributed by atoms with Gasteiger partial charge in [0.05, 0.1) is 0 Å². The molecular formula is C11H11NO2. The number of pyridine rings is 1. The van der Waals surface area contributed by atoms with Gasteiger partial charge in [0, 0.05) is 24.1 Å². The molecule has 1 heterocycles. The first-order chi connectivity index (χ1) is 6.81. The predicted octanol–water partition coefficient (Wildman–Crippen LogP) is 1.06. The molecule has 2 aromatic rings. The Labute approximate surface area is 81.0 Å². The number of para-hydroxylation sites is 1. The van der Waals surface area contributed by atoms with E-state index >= 15 is 0 Å². The van der Waals surface area contributed by atoms with Gasteiger partial charge in [0.15, 0.2) is 0 Å². The zero-order valence-corrected chi connectivity index (χ0v) is 7.66. The highest BCUT2D eigenvalue weighted by molar-refractivity contribution is 5.78. The predicted molar refractivity (Wildman–Crippen MR) is 55.4 cm³/mol. The van der Waals surface area contributed by atoms with Crippen LogP contribution >= 0.6 is 0 Å². The van der Waals surface area contributed by atoms with E-state index in [1.807, 2.05) is 30.3 Å². The Morgan fingerprint density at radius 3 is 2.86 bits per heavy atom. The molecule has 0 saturated carbocycles. The molecule has 0 aliphatic heterocycles. The fourth-order valence-electron chi connectivity index (χ4n) is 1.50. The molecule has 0 amide bonds. The third-order valence-corrected chi connectivity index (χ3v) is 2.21. The van der Waals surface area contributed by atoms with Gasteiger partial charge in [-0.2, -0.15) is 0 Å². The van der Waals surface area contributed by atoms with E-state index in [1.54, 1.807) is 0 Å². The van der Waals surface area contributed by atoms with Gasteiger partial charge < -0.3 is 10.1 Å². The topological polar surface area (TPSA) is 53.1 Å². The number of fused-ring (bicyclic) bond motifs is 1. The van der Waals surface area contributed by atoms with Crippen molar-refractivity contribution in [3.05, 3.63) is 46.2 Å². The van der Waals surface area contributed by atoms with Crippen LogP contribution in [0.25, 0.3) is 10.9 Å². The van der Waals surface area contributed by atoms with E-state index in [-0.39, 0.29) is 12.2 Å². The lowest BCUT2D eigenvalue weighted by Gasteiger charge is -2.00. The smallest absolute Gasteiger partial charge is 0.251 e. The summed E-state index contributed by atoms with van der Waals surface area (Å²) in [5.74, 6) is 0. The van der Waals surface area contributed by atoms with Crippen LogP contribution in [0.15, 0.2) is 35.1 Å². The summed E-state index contributed by atoms with van der Waals surface area (Å²) in [5, 5.41) is 9.76. The van der Waals surface area contributed by atoms with Crippen molar-refractivity contribution in [3.8, 4) is 0 Å². The van der Waals surface area contributed by atoms with Gasteiger partial charge in [0.25, 0.3) is 5.56 Å². The van der Waals surface area contributed by atoms with Crippen molar-refractivity contribution in [3.63, 3.8) is 0 Å². The van der Waals surface area contributed by atoms with Gasteiger partial charge in [-0.05, 0) is 17.5 Å². The Balaban J connectivity index is 2.65. The van der Waals surface area contributed by atoms with Crippen LogP contribution in [0.4, 0.5) is 0 Å². The molecule has 0 saturated heterocycles. The van der Waals surface area contributed by atoms with Gasteiger partial charge in [-0.3, -0.25) is 4.79 Å². The van der Waals surface area contributed by atoms with Crippen LogP contribution in [-0.4, -0.2) is 16.7 Å². The molecular weight excluding hydrogens is 178 g/mol. The number of nitrogens with one attached hydrogen (secondary N) is 1. The van der Waals surface area contributed by atoms with Crippen LogP contribution in [0.2, 0.25) is 0 Å². The maximum atomic E-state index is 11.5. The third-order valence-electron chi connectivity index (χ3n) is 2.21. The normalized spacial score (nSPS) is 10.6. The van der Waals surface area contributed by atoms with Gasteiger partial charge in [-0.1, -0.05) is 18.2 Å². The second-order valence-electron chi connectivity index (χ2n) is 3.18. The molecule has 2 rings (SSSR count). The standard InChI is InChI=1S/C11H11NO2/c13-6-5-9-7-8-3-1-2-4-10(8)12-11(9)14/h1-4,7,13H,5-6H2,(H,12,14). The number of H-pyrrole nitrogens is 1. The molecule has 0 unspecified atom stereocenters. The zero-order chi connectivity index (χ0) is 9.97. The van der Waals surface area contributed by atoms with E-state index in [1.165, 1.54) is 0 Å². The van der Waals surface area contributed by atoms with Crippen molar-refractivity contribution in [1.29, 1.82) is 0 Å². The average Bonchev–Trinajstić information content (AvgIpc) is 2.19. The molecule has 3 nitrogen and oxygen atoms in total. The van der Waals surface area contributed by atoms with Crippen molar-refractivity contribution in [2.45, 2.75) is 6.42 Å². The maximum absolute atomic E-state index is 11.5. The number of hydrogen-bond donors (Lipinski definition) is 2. The fourth-order valence-corrected chi connectivity index (χ4v) is 1.50. The highest BCUT2D eigenvalue weighted by Gasteiger charge is 2.00. The molecule has 1 aromatic carbocycles. The number of aromatic nitrogens is 1. The minimum Gasteiger partial charge on any atom is -0.396 e. The number of aliphatic hydroxyl groups is 1. The first-order valence-electron chi connectivity index (χ1n) is 4.53. The second kappa shape index (κ2) is 3.64. The number of rotatable bonds is 2. The average molecular weight is 189 g/mol. The molecule has 0 spiro atoms. The van der Waals surface area contributed by atoms with E-state index < -0.39 is 0 Å². The Morgan fingerprint density at radius 2 is 2.07 bits per heavy atom. The van der Waals surface area contributed by atoms with Crippen molar-refractivity contribution in [2.24, 2.45) is 0 Å². The molecule has 14 heavy (non-hydrogen) atoms. The zero-order valence-electron chi connectivity index (χ0n) is 7.66. The lowest BCUT2D eigenvalue weighted by atomic mass is 10.1. The summed E-state index contributed by atoms with van der Waals surface area (Å²) in [5.41, 5.74) is 1.35. The largest absolute Gasteiger partial charge is 0.396 e. The number of aliphatic hydroxyl groups excluding tert-OH is 1. The lowest BCUT2D eigenvalue weighted by Crippen LogP contribution is -2.13. The van der Waals surface area contributed by atoms with Crippen LogP contribution in [0, 0.1) is 0 Å². The van der Waals surface area contributed by atoms with Gasteiger partial charge >= 0.3 is 0 Å². The van der Waals surface area contributed by atoms with Crippen molar-refractivity contribution in [2.75, 3.05) is 6.61 Å². The molecule has 3 heteroatoms. The number of benzene rings is 1. The maximum Gasteiger partial charge on any atom is 0.251 e. The van der Waals surface area contributed by atoms with Gasteiger partial charge in [0.2, 0.25) is 0 Å². The Morgan fingerprint density at radius 1 is 1.29 bits per heavy atom. The molecule has 1 aromatic heterocycles. The Kier molecular flexibility index (Phi) is 2.33.